The van der Waals surface area contributed by atoms with Gasteiger partial charge in [0, 0.05) is 18.5 Å². The van der Waals surface area contributed by atoms with Crippen LogP contribution in [0.5, 0.6) is 0 Å². The number of imide groups is 1. The fourth-order valence-corrected chi connectivity index (χ4v) is 3.93. The summed E-state index contributed by atoms with van der Waals surface area (Å²) in [5.74, 6) is 4.87. The van der Waals surface area contributed by atoms with Crippen LogP contribution in [-0.2, 0) is 22.7 Å². The molecule has 4 rings (SSSR count). The number of rotatable bonds is 4. The van der Waals surface area contributed by atoms with Gasteiger partial charge in [-0.15, -0.1) is 0 Å². The summed E-state index contributed by atoms with van der Waals surface area (Å²) in [6.45, 7) is 0.362. The SMILES string of the molecule is NN(Cc1ccc2c(c1)CN(C1CCC(=O)NC1=O)C2=O)C(=O)Nc1ccccc1Cl. The van der Waals surface area contributed by atoms with E-state index in [1.165, 1.54) is 4.90 Å². The lowest BCUT2D eigenvalue weighted by Gasteiger charge is -2.29. The highest BCUT2D eigenvalue weighted by Gasteiger charge is 2.39. The fraction of sp³-hybridized carbons (Fsp3) is 0.238. The van der Waals surface area contributed by atoms with Gasteiger partial charge < -0.3 is 10.2 Å². The lowest BCUT2D eigenvalue weighted by atomic mass is 10.0. The number of fused-ring (bicyclic) bond motifs is 1. The Balaban J connectivity index is 1.43. The molecule has 4 N–H and O–H groups in total. The van der Waals surface area contributed by atoms with Gasteiger partial charge in [-0.25, -0.2) is 10.6 Å². The van der Waals surface area contributed by atoms with Crippen LogP contribution in [0.15, 0.2) is 42.5 Å². The zero-order valence-corrected chi connectivity index (χ0v) is 17.2. The highest BCUT2D eigenvalue weighted by molar-refractivity contribution is 6.33. The first-order valence-corrected chi connectivity index (χ1v) is 10.1. The molecule has 2 aromatic carbocycles. The van der Waals surface area contributed by atoms with Crippen LogP contribution in [0.1, 0.15) is 34.3 Å². The van der Waals surface area contributed by atoms with E-state index in [9.17, 15) is 19.2 Å². The molecule has 0 radical (unpaired) electrons. The standard InChI is InChI=1S/C21H20ClN5O4/c22-15-3-1-2-4-16(15)24-21(31)27(23)10-12-5-6-14-13(9-12)11-26(20(14)30)17-7-8-18(28)25-19(17)29/h1-6,9,17H,7-8,10-11,23H2,(H,24,31)(H,25,28,29). The largest absolute Gasteiger partial charge is 0.336 e. The Morgan fingerprint density at radius 3 is 2.74 bits per heavy atom. The highest BCUT2D eigenvalue weighted by Crippen LogP contribution is 2.28. The van der Waals surface area contributed by atoms with Gasteiger partial charge in [-0.2, -0.15) is 0 Å². The minimum Gasteiger partial charge on any atom is -0.322 e. The third-order valence-corrected chi connectivity index (χ3v) is 5.65. The molecule has 160 valence electrons. The van der Waals surface area contributed by atoms with E-state index < -0.39 is 18.0 Å². The van der Waals surface area contributed by atoms with Gasteiger partial charge >= 0.3 is 6.03 Å². The molecule has 1 unspecified atom stereocenters. The van der Waals surface area contributed by atoms with E-state index >= 15 is 0 Å². The molecule has 0 aromatic heterocycles. The minimum absolute atomic E-state index is 0.107. The molecular formula is C21H20ClN5O4. The van der Waals surface area contributed by atoms with Crippen molar-refractivity contribution >= 4 is 41.0 Å². The van der Waals surface area contributed by atoms with Crippen molar-refractivity contribution in [3.8, 4) is 0 Å². The van der Waals surface area contributed by atoms with Crippen LogP contribution in [0, 0.1) is 0 Å². The molecule has 2 heterocycles. The summed E-state index contributed by atoms with van der Waals surface area (Å²) >= 11 is 6.05. The van der Waals surface area contributed by atoms with Crippen LogP contribution >= 0.6 is 11.6 Å². The lowest BCUT2D eigenvalue weighted by molar-refractivity contribution is -0.136. The smallest absolute Gasteiger partial charge is 0.322 e. The number of nitrogens with zero attached hydrogens (tertiary/aromatic N) is 2. The first-order valence-electron chi connectivity index (χ1n) is 9.67. The zero-order chi connectivity index (χ0) is 22.1. The van der Waals surface area contributed by atoms with Crippen LogP contribution in [0.4, 0.5) is 10.5 Å². The van der Waals surface area contributed by atoms with Crippen LogP contribution in [0.3, 0.4) is 0 Å². The van der Waals surface area contributed by atoms with Crippen molar-refractivity contribution in [2.24, 2.45) is 5.84 Å². The van der Waals surface area contributed by atoms with Crippen LogP contribution in [0.25, 0.3) is 0 Å². The van der Waals surface area contributed by atoms with E-state index in [2.05, 4.69) is 10.6 Å². The molecule has 0 aliphatic carbocycles. The first-order chi connectivity index (χ1) is 14.8. The molecule has 0 saturated carbocycles. The second-order valence-electron chi connectivity index (χ2n) is 7.43. The molecule has 0 bridgehead atoms. The number of nitrogens with one attached hydrogen (secondary N) is 2. The van der Waals surface area contributed by atoms with Crippen LogP contribution in [0.2, 0.25) is 5.02 Å². The third-order valence-electron chi connectivity index (χ3n) is 5.32. The predicted octanol–water partition coefficient (Wildman–Crippen LogP) is 2.01. The number of carbonyl (C=O) groups is 4. The van der Waals surface area contributed by atoms with Crippen molar-refractivity contribution < 1.29 is 19.2 Å². The maximum absolute atomic E-state index is 12.7. The summed E-state index contributed by atoms with van der Waals surface area (Å²) in [5.41, 5.74) is 2.42. The molecule has 1 atom stereocenters. The van der Waals surface area contributed by atoms with Gasteiger partial charge in [0.15, 0.2) is 0 Å². The number of hydrazine groups is 1. The maximum Gasteiger partial charge on any atom is 0.336 e. The van der Waals surface area contributed by atoms with Crippen LogP contribution in [-0.4, -0.2) is 39.7 Å². The molecule has 10 heteroatoms. The quantitative estimate of drug-likeness (QED) is 0.289. The number of para-hydroxylation sites is 1. The summed E-state index contributed by atoms with van der Waals surface area (Å²) in [4.78, 5) is 50.1. The van der Waals surface area contributed by atoms with E-state index in [0.29, 0.717) is 22.7 Å². The van der Waals surface area contributed by atoms with Gasteiger partial charge in [0.1, 0.15) is 6.04 Å². The number of carbonyl (C=O) groups excluding carboxylic acids is 4. The number of anilines is 1. The predicted molar refractivity (Wildman–Crippen MR) is 113 cm³/mol. The number of hydrogen-bond acceptors (Lipinski definition) is 5. The second-order valence-corrected chi connectivity index (χ2v) is 7.84. The number of amides is 5. The average Bonchev–Trinajstić information content (AvgIpc) is 3.05. The van der Waals surface area contributed by atoms with Gasteiger partial charge in [-0.05, 0) is 35.7 Å². The Labute approximate surface area is 183 Å². The van der Waals surface area contributed by atoms with Gasteiger partial charge in [0.25, 0.3) is 5.91 Å². The Hall–Kier alpha value is -3.43. The molecule has 31 heavy (non-hydrogen) atoms. The van der Waals surface area contributed by atoms with Crippen molar-refractivity contribution in [2.45, 2.75) is 32.0 Å². The van der Waals surface area contributed by atoms with E-state index in [0.717, 1.165) is 16.1 Å². The molecular weight excluding hydrogens is 422 g/mol. The molecule has 5 amide bonds. The van der Waals surface area contributed by atoms with E-state index in [1.807, 2.05) is 0 Å². The Kier molecular flexibility index (Phi) is 5.62. The molecule has 9 nitrogen and oxygen atoms in total. The molecule has 2 aliphatic heterocycles. The Morgan fingerprint density at radius 1 is 1.23 bits per heavy atom. The van der Waals surface area contributed by atoms with Crippen molar-refractivity contribution in [1.29, 1.82) is 0 Å². The van der Waals surface area contributed by atoms with Crippen molar-refractivity contribution in [1.82, 2.24) is 15.2 Å². The second kappa shape index (κ2) is 8.37. The average molecular weight is 442 g/mol. The highest BCUT2D eigenvalue weighted by atomic mass is 35.5. The van der Waals surface area contributed by atoms with Gasteiger partial charge in [0.2, 0.25) is 11.8 Å². The molecule has 0 spiro atoms. The van der Waals surface area contributed by atoms with E-state index in [4.69, 9.17) is 17.4 Å². The number of piperidine rings is 1. The monoisotopic (exact) mass is 441 g/mol. The van der Waals surface area contributed by atoms with Crippen molar-refractivity contribution in [3.63, 3.8) is 0 Å². The summed E-state index contributed by atoms with van der Waals surface area (Å²) in [7, 11) is 0. The number of urea groups is 1. The number of nitrogens with two attached hydrogens (primary N) is 1. The van der Waals surface area contributed by atoms with Gasteiger partial charge in [-0.1, -0.05) is 35.9 Å². The molecule has 1 fully saturated rings. The zero-order valence-electron chi connectivity index (χ0n) is 16.4. The first kappa shape index (κ1) is 20.8. The van der Waals surface area contributed by atoms with E-state index in [-0.39, 0.29) is 31.3 Å². The summed E-state index contributed by atoms with van der Waals surface area (Å²) in [5, 5.41) is 6.33. The van der Waals surface area contributed by atoms with Crippen LogP contribution < -0.4 is 16.5 Å². The third kappa shape index (κ3) is 4.23. The Bertz CT molecular complexity index is 1090. The number of hydrogen-bond donors (Lipinski definition) is 3. The minimum atomic E-state index is -0.673. The van der Waals surface area contributed by atoms with Crippen molar-refractivity contribution in [3.05, 3.63) is 64.2 Å². The summed E-state index contributed by atoms with van der Waals surface area (Å²) < 4.78 is 0. The fourth-order valence-electron chi connectivity index (χ4n) is 3.74. The molecule has 1 saturated heterocycles. The topological polar surface area (TPSA) is 125 Å². The molecule has 2 aliphatic rings. The number of halogens is 1. The van der Waals surface area contributed by atoms with E-state index in [1.54, 1.807) is 42.5 Å². The van der Waals surface area contributed by atoms with Gasteiger partial charge in [0.05, 0.1) is 17.3 Å². The Morgan fingerprint density at radius 2 is 2.00 bits per heavy atom. The number of benzene rings is 2. The lowest BCUT2D eigenvalue weighted by Crippen LogP contribution is -2.52. The van der Waals surface area contributed by atoms with Gasteiger partial charge in [-0.3, -0.25) is 24.7 Å². The molecule has 2 aromatic rings. The summed E-state index contributed by atoms with van der Waals surface area (Å²) in [6, 6.07) is 10.8. The maximum atomic E-state index is 12.7. The summed E-state index contributed by atoms with van der Waals surface area (Å²) in [6.07, 6.45) is 0.501. The van der Waals surface area contributed by atoms with Crippen molar-refractivity contribution in [2.75, 3.05) is 5.32 Å². The normalized spacial score (nSPS) is 17.9.